The van der Waals surface area contributed by atoms with Crippen molar-refractivity contribution in [2.45, 2.75) is 34.6 Å². The highest BCUT2D eigenvalue weighted by Crippen LogP contribution is 2.24. The van der Waals surface area contributed by atoms with E-state index in [0.717, 1.165) is 0 Å². The fourth-order valence-corrected chi connectivity index (χ4v) is 0.574. The van der Waals surface area contributed by atoms with Crippen molar-refractivity contribution in [1.82, 2.24) is 0 Å². The molecule has 0 radical (unpaired) electrons. The van der Waals surface area contributed by atoms with E-state index >= 15 is 0 Å². The fraction of sp³-hybridized carbons (Fsp3) is 0.500. The molecule has 0 unspecified atom stereocenters. The normalized spacial score (nSPS) is 14.8. The average molecular weight is 164 g/mol. The fourth-order valence-electron chi connectivity index (χ4n) is 0.574. The number of hydrogen-bond acceptors (Lipinski definition) is 0. The van der Waals surface area contributed by atoms with E-state index in [1.807, 2.05) is 6.08 Å². The van der Waals surface area contributed by atoms with Crippen molar-refractivity contribution < 1.29 is 0 Å². The molecular weight excluding hydrogens is 144 g/mol. The second kappa shape index (κ2) is 4.30. The standard InChI is InChI=1S/C12H20/c1-7-10(2)8-9-11(3)12(4,5)6/h7-9H,1H2,2-6H3/b10-8-,11-9+. The Morgan fingerprint density at radius 3 is 1.92 bits per heavy atom. The molecule has 0 aliphatic heterocycles. The lowest BCUT2D eigenvalue weighted by molar-refractivity contribution is 0.504. The van der Waals surface area contributed by atoms with Crippen LogP contribution in [0.3, 0.4) is 0 Å². The van der Waals surface area contributed by atoms with Crippen LogP contribution in [0.5, 0.6) is 0 Å². The van der Waals surface area contributed by atoms with Gasteiger partial charge in [-0.15, -0.1) is 0 Å². The molecule has 0 aliphatic carbocycles. The van der Waals surface area contributed by atoms with Crippen LogP contribution in [0.1, 0.15) is 34.6 Å². The first kappa shape index (κ1) is 11.2. The molecule has 0 fully saturated rings. The summed E-state index contributed by atoms with van der Waals surface area (Å²) >= 11 is 0. The van der Waals surface area contributed by atoms with E-state index < -0.39 is 0 Å². The van der Waals surface area contributed by atoms with Crippen molar-refractivity contribution in [3.8, 4) is 0 Å². The predicted molar refractivity (Wildman–Crippen MR) is 57.2 cm³/mol. The minimum absolute atomic E-state index is 0.276. The Morgan fingerprint density at radius 2 is 1.58 bits per heavy atom. The molecule has 0 spiro atoms. The molecular formula is C12H20. The zero-order valence-electron chi connectivity index (χ0n) is 8.94. The number of rotatable bonds is 2. The van der Waals surface area contributed by atoms with E-state index in [-0.39, 0.29) is 5.41 Å². The van der Waals surface area contributed by atoms with Crippen LogP contribution in [0.15, 0.2) is 36.0 Å². The number of hydrogen-bond donors (Lipinski definition) is 0. The van der Waals surface area contributed by atoms with E-state index in [2.05, 4.69) is 53.3 Å². The molecule has 0 amide bonds. The van der Waals surface area contributed by atoms with Gasteiger partial charge in [0.15, 0.2) is 0 Å². The van der Waals surface area contributed by atoms with Crippen LogP contribution in [0, 0.1) is 5.41 Å². The molecule has 0 rings (SSSR count). The van der Waals surface area contributed by atoms with Crippen LogP contribution in [0.2, 0.25) is 0 Å². The van der Waals surface area contributed by atoms with E-state index in [4.69, 9.17) is 0 Å². The van der Waals surface area contributed by atoms with Crippen molar-refractivity contribution >= 4 is 0 Å². The van der Waals surface area contributed by atoms with Gasteiger partial charge in [-0.05, 0) is 19.3 Å². The lowest BCUT2D eigenvalue weighted by Gasteiger charge is -2.18. The van der Waals surface area contributed by atoms with Gasteiger partial charge in [0, 0.05) is 0 Å². The molecule has 0 bridgehead atoms. The van der Waals surface area contributed by atoms with Gasteiger partial charge >= 0.3 is 0 Å². The van der Waals surface area contributed by atoms with Crippen LogP contribution in [-0.4, -0.2) is 0 Å². The third kappa shape index (κ3) is 4.17. The smallest absolute Gasteiger partial charge is 0.0173 e. The van der Waals surface area contributed by atoms with Crippen LogP contribution >= 0.6 is 0 Å². The minimum atomic E-state index is 0.276. The van der Waals surface area contributed by atoms with Crippen molar-refractivity contribution in [3.63, 3.8) is 0 Å². The van der Waals surface area contributed by atoms with Crippen LogP contribution < -0.4 is 0 Å². The van der Waals surface area contributed by atoms with Gasteiger partial charge in [0.05, 0.1) is 0 Å². The van der Waals surface area contributed by atoms with E-state index in [1.54, 1.807) is 0 Å². The summed E-state index contributed by atoms with van der Waals surface area (Å²) < 4.78 is 0. The van der Waals surface area contributed by atoms with Crippen LogP contribution in [0.4, 0.5) is 0 Å². The van der Waals surface area contributed by atoms with Crippen molar-refractivity contribution in [2.75, 3.05) is 0 Å². The summed E-state index contributed by atoms with van der Waals surface area (Å²) in [5.74, 6) is 0. The van der Waals surface area contributed by atoms with Crippen molar-refractivity contribution in [2.24, 2.45) is 5.41 Å². The van der Waals surface area contributed by atoms with Crippen LogP contribution in [-0.2, 0) is 0 Å². The highest BCUT2D eigenvalue weighted by Gasteiger charge is 2.10. The minimum Gasteiger partial charge on any atom is -0.0988 e. The zero-order valence-corrected chi connectivity index (χ0v) is 8.94. The van der Waals surface area contributed by atoms with Gasteiger partial charge in [0.1, 0.15) is 0 Å². The molecule has 12 heavy (non-hydrogen) atoms. The quantitative estimate of drug-likeness (QED) is 0.539. The number of allylic oxidation sites excluding steroid dienone is 5. The second-order valence-electron chi connectivity index (χ2n) is 4.21. The molecule has 0 saturated carbocycles. The summed E-state index contributed by atoms with van der Waals surface area (Å²) in [6.07, 6.45) is 6.14. The van der Waals surface area contributed by atoms with Gasteiger partial charge in [-0.2, -0.15) is 0 Å². The molecule has 0 nitrogen and oxygen atoms in total. The van der Waals surface area contributed by atoms with Crippen molar-refractivity contribution in [3.05, 3.63) is 36.0 Å². The van der Waals surface area contributed by atoms with E-state index in [9.17, 15) is 0 Å². The van der Waals surface area contributed by atoms with Gasteiger partial charge < -0.3 is 0 Å². The summed E-state index contributed by atoms with van der Waals surface area (Å²) in [7, 11) is 0. The molecule has 0 saturated heterocycles. The van der Waals surface area contributed by atoms with E-state index in [1.165, 1.54) is 11.1 Å². The Morgan fingerprint density at radius 1 is 1.08 bits per heavy atom. The summed E-state index contributed by atoms with van der Waals surface area (Å²) in [6.45, 7) is 14.6. The van der Waals surface area contributed by atoms with Gasteiger partial charge in [0.25, 0.3) is 0 Å². The maximum absolute atomic E-state index is 3.70. The molecule has 0 aromatic heterocycles. The molecule has 0 aliphatic rings. The van der Waals surface area contributed by atoms with Gasteiger partial charge in [-0.1, -0.05) is 56.7 Å². The summed E-state index contributed by atoms with van der Waals surface area (Å²) in [5.41, 5.74) is 2.88. The second-order valence-corrected chi connectivity index (χ2v) is 4.21. The van der Waals surface area contributed by atoms with Crippen LogP contribution in [0.25, 0.3) is 0 Å². The topological polar surface area (TPSA) is 0 Å². The zero-order chi connectivity index (χ0) is 9.78. The summed E-state index contributed by atoms with van der Waals surface area (Å²) in [6, 6.07) is 0. The highest BCUT2D eigenvalue weighted by molar-refractivity contribution is 5.24. The molecule has 0 heterocycles. The van der Waals surface area contributed by atoms with E-state index in [0.29, 0.717) is 0 Å². The highest BCUT2D eigenvalue weighted by atomic mass is 14.2. The predicted octanol–water partition coefficient (Wildman–Crippen LogP) is 4.11. The maximum Gasteiger partial charge on any atom is -0.0173 e. The third-order valence-electron chi connectivity index (χ3n) is 2.10. The first-order valence-corrected chi connectivity index (χ1v) is 4.36. The Balaban J connectivity index is 4.49. The lowest BCUT2D eigenvalue weighted by Crippen LogP contribution is -2.05. The first-order valence-electron chi connectivity index (χ1n) is 4.36. The first-order chi connectivity index (χ1) is 5.38. The summed E-state index contributed by atoms with van der Waals surface area (Å²) in [4.78, 5) is 0. The molecule has 0 N–H and O–H groups in total. The Hall–Kier alpha value is -0.780. The third-order valence-corrected chi connectivity index (χ3v) is 2.10. The average Bonchev–Trinajstić information content (AvgIpc) is 1.97. The molecule has 0 aromatic rings. The molecule has 0 atom stereocenters. The Bertz CT molecular complexity index is 209. The molecule has 0 heteroatoms. The summed E-state index contributed by atoms with van der Waals surface area (Å²) in [5, 5.41) is 0. The molecule has 68 valence electrons. The van der Waals surface area contributed by atoms with Gasteiger partial charge in [0.2, 0.25) is 0 Å². The molecule has 0 aromatic carbocycles. The largest absolute Gasteiger partial charge is 0.0988 e. The van der Waals surface area contributed by atoms with Gasteiger partial charge in [-0.3, -0.25) is 0 Å². The monoisotopic (exact) mass is 164 g/mol. The maximum atomic E-state index is 3.70. The SMILES string of the molecule is C=C/C(C)=C\C=C(/C)C(C)(C)C. The van der Waals surface area contributed by atoms with Gasteiger partial charge in [-0.25, -0.2) is 0 Å². The Kier molecular flexibility index (Phi) is 4.02. The lowest BCUT2D eigenvalue weighted by atomic mass is 9.87. The van der Waals surface area contributed by atoms with Crippen molar-refractivity contribution in [1.29, 1.82) is 0 Å². The Labute approximate surface area is 76.7 Å².